The molecule has 2 atom stereocenters. The maximum atomic E-state index is 13.3. The maximum Gasteiger partial charge on any atom is 0.431 e. The highest BCUT2D eigenvalue weighted by atomic mass is 32.1. The zero-order valence-corrected chi connectivity index (χ0v) is 13.8. The minimum absolute atomic E-state index is 0.134. The molecule has 0 saturated carbocycles. The zero-order chi connectivity index (χ0) is 18.9. The average Bonchev–Trinajstić information content (AvgIpc) is 3.13. The summed E-state index contributed by atoms with van der Waals surface area (Å²) in [5.74, 6) is -2.95. The molecule has 1 aromatic rings. The van der Waals surface area contributed by atoms with E-state index in [1.807, 2.05) is 5.32 Å². The number of aliphatic hydroxyl groups is 1. The minimum atomic E-state index is -5.22. The van der Waals surface area contributed by atoms with E-state index >= 15 is 0 Å². The van der Waals surface area contributed by atoms with Crippen LogP contribution in [0.5, 0.6) is 0 Å². The van der Waals surface area contributed by atoms with Gasteiger partial charge in [-0.05, 0) is 17.5 Å². The van der Waals surface area contributed by atoms with E-state index in [-0.39, 0.29) is 5.84 Å². The summed E-state index contributed by atoms with van der Waals surface area (Å²) in [6.07, 6.45) is 1.27. The van der Waals surface area contributed by atoms with Gasteiger partial charge in [0.1, 0.15) is 5.92 Å². The van der Waals surface area contributed by atoms with Gasteiger partial charge in [0.2, 0.25) is 0 Å². The van der Waals surface area contributed by atoms with E-state index < -0.39 is 40.9 Å². The number of hydrogen-bond donors (Lipinski definition) is 2. The molecule has 0 spiro atoms. The monoisotopic (exact) mass is 383 g/mol. The van der Waals surface area contributed by atoms with Gasteiger partial charge in [0.25, 0.3) is 17.4 Å². The van der Waals surface area contributed by atoms with Crippen LogP contribution in [0.2, 0.25) is 0 Å². The molecule has 2 N–H and O–H groups in total. The van der Waals surface area contributed by atoms with Crippen molar-refractivity contribution >= 4 is 34.7 Å². The number of halogens is 3. The number of amidine groups is 1. The number of amides is 2. The second-order valence-electron chi connectivity index (χ2n) is 5.49. The minimum Gasteiger partial charge on any atom is -0.368 e. The SMILES string of the molecule is O=C1N=C(CNC(=O)C(O)(c2cccs2)C(F)(F)F)N=C2C=CC=CC12. The van der Waals surface area contributed by atoms with Gasteiger partial charge in [0, 0.05) is 0 Å². The lowest BCUT2D eigenvalue weighted by Crippen LogP contribution is -2.54. The van der Waals surface area contributed by atoms with Crippen LogP contribution in [-0.2, 0) is 15.2 Å². The van der Waals surface area contributed by atoms with Crippen LogP contribution in [0, 0.1) is 5.92 Å². The van der Waals surface area contributed by atoms with Crippen molar-refractivity contribution in [3.05, 3.63) is 46.7 Å². The Balaban J connectivity index is 1.78. The Kier molecular flexibility index (Phi) is 4.63. The van der Waals surface area contributed by atoms with Gasteiger partial charge in [0.15, 0.2) is 5.84 Å². The molecule has 2 unspecified atom stereocenters. The summed E-state index contributed by atoms with van der Waals surface area (Å²) in [4.78, 5) is 31.2. The molecule has 10 heteroatoms. The lowest BCUT2D eigenvalue weighted by atomic mass is 9.96. The van der Waals surface area contributed by atoms with Gasteiger partial charge in [-0.3, -0.25) is 9.59 Å². The molecule has 2 amide bonds. The highest BCUT2D eigenvalue weighted by Gasteiger charge is 2.61. The molecule has 6 nitrogen and oxygen atoms in total. The first-order valence-corrected chi connectivity index (χ1v) is 8.27. The number of carbonyl (C=O) groups is 2. The summed E-state index contributed by atoms with van der Waals surface area (Å²) in [5.41, 5.74) is -3.30. The Morgan fingerprint density at radius 2 is 2.08 bits per heavy atom. The molecule has 1 aliphatic carbocycles. The number of fused-ring (bicyclic) bond motifs is 1. The van der Waals surface area contributed by atoms with E-state index in [1.165, 1.54) is 11.4 Å². The van der Waals surface area contributed by atoms with Crippen molar-refractivity contribution in [2.75, 3.05) is 6.54 Å². The van der Waals surface area contributed by atoms with Crippen LogP contribution in [0.4, 0.5) is 13.2 Å². The van der Waals surface area contributed by atoms with Crippen LogP contribution in [0.1, 0.15) is 4.88 Å². The fraction of sp³-hybridized carbons (Fsp3) is 0.250. The Morgan fingerprint density at radius 1 is 1.31 bits per heavy atom. The number of aliphatic imine (C=N–C) groups is 2. The fourth-order valence-corrected chi connectivity index (χ4v) is 3.29. The summed E-state index contributed by atoms with van der Waals surface area (Å²) in [7, 11) is 0. The molecule has 3 rings (SSSR count). The Morgan fingerprint density at radius 3 is 2.73 bits per heavy atom. The molecular formula is C16H12F3N3O3S. The summed E-state index contributed by atoms with van der Waals surface area (Å²) in [6, 6.07) is 2.31. The van der Waals surface area contributed by atoms with Gasteiger partial charge in [-0.2, -0.15) is 18.2 Å². The number of hydrogen-bond acceptors (Lipinski definition) is 5. The number of rotatable bonds is 4. The molecule has 1 aliphatic heterocycles. The third-order valence-electron chi connectivity index (χ3n) is 3.79. The fourth-order valence-electron chi connectivity index (χ4n) is 2.45. The average molecular weight is 383 g/mol. The van der Waals surface area contributed by atoms with E-state index in [2.05, 4.69) is 9.98 Å². The van der Waals surface area contributed by atoms with E-state index in [1.54, 1.807) is 24.3 Å². The van der Waals surface area contributed by atoms with Crippen molar-refractivity contribution in [3.8, 4) is 0 Å². The quantitative estimate of drug-likeness (QED) is 0.830. The molecule has 1 aromatic heterocycles. The Bertz CT molecular complexity index is 856. The second-order valence-corrected chi connectivity index (χ2v) is 6.44. The van der Waals surface area contributed by atoms with E-state index in [9.17, 15) is 27.9 Å². The van der Waals surface area contributed by atoms with Crippen LogP contribution >= 0.6 is 11.3 Å². The van der Waals surface area contributed by atoms with Crippen molar-refractivity contribution in [1.29, 1.82) is 0 Å². The molecule has 0 aromatic carbocycles. The molecule has 2 aliphatic rings. The first kappa shape index (κ1) is 18.2. The summed E-state index contributed by atoms with van der Waals surface area (Å²) >= 11 is 0.602. The normalized spacial score (nSPS) is 21.5. The lowest BCUT2D eigenvalue weighted by molar-refractivity contribution is -0.255. The predicted molar refractivity (Wildman–Crippen MR) is 88.9 cm³/mol. The van der Waals surface area contributed by atoms with Crippen LogP contribution in [0.3, 0.4) is 0 Å². The molecule has 2 heterocycles. The third-order valence-corrected chi connectivity index (χ3v) is 4.77. The van der Waals surface area contributed by atoms with E-state index in [0.29, 0.717) is 17.0 Å². The number of nitrogens with one attached hydrogen (secondary N) is 1. The highest BCUT2D eigenvalue weighted by molar-refractivity contribution is 7.10. The van der Waals surface area contributed by atoms with E-state index in [0.717, 1.165) is 6.07 Å². The smallest absolute Gasteiger partial charge is 0.368 e. The van der Waals surface area contributed by atoms with Crippen molar-refractivity contribution in [2.45, 2.75) is 11.8 Å². The van der Waals surface area contributed by atoms with Gasteiger partial charge in [0.05, 0.1) is 17.1 Å². The number of alkyl halides is 3. The Hall–Kier alpha value is -2.59. The van der Waals surface area contributed by atoms with Gasteiger partial charge in [-0.15, -0.1) is 11.3 Å². The van der Waals surface area contributed by atoms with Crippen LogP contribution < -0.4 is 5.32 Å². The second kappa shape index (κ2) is 6.61. The molecule has 0 saturated heterocycles. The van der Waals surface area contributed by atoms with Crippen molar-refractivity contribution in [3.63, 3.8) is 0 Å². The first-order valence-electron chi connectivity index (χ1n) is 7.39. The van der Waals surface area contributed by atoms with Gasteiger partial charge < -0.3 is 10.4 Å². The summed E-state index contributed by atoms with van der Waals surface area (Å²) in [6.45, 7) is -0.526. The molecular weight excluding hydrogens is 371 g/mol. The van der Waals surface area contributed by atoms with Crippen molar-refractivity contribution in [2.24, 2.45) is 15.9 Å². The van der Waals surface area contributed by atoms with Crippen molar-refractivity contribution in [1.82, 2.24) is 5.32 Å². The predicted octanol–water partition coefficient (Wildman–Crippen LogP) is 1.74. The van der Waals surface area contributed by atoms with Crippen LogP contribution in [0.25, 0.3) is 0 Å². The number of allylic oxidation sites excluding steroid dienone is 3. The maximum absolute atomic E-state index is 13.3. The number of thiophene rings is 1. The Labute approximate surface area is 149 Å². The topological polar surface area (TPSA) is 91.1 Å². The molecule has 26 heavy (non-hydrogen) atoms. The molecule has 0 bridgehead atoms. The standard InChI is InChI=1S/C16H12F3N3O3S/c17-16(18,19)15(25,11-6-3-7-26-11)14(24)20-8-12-21-10-5-2-1-4-9(10)13(23)22-12/h1-7,9,25H,8H2,(H,20,24). The van der Waals surface area contributed by atoms with Gasteiger partial charge in [-0.25, -0.2) is 4.99 Å². The van der Waals surface area contributed by atoms with Gasteiger partial charge >= 0.3 is 6.18 Å². The summed E-state index contributed by atoms with van der Waals surface area (Å²) in [5, 5.41) is 13.3. The van der Waals surface area contributed by atoms with Gasteiger partial charge in [-0.1, -0.05) is 24.3 Å². The van der Waals surface area contributed by atoms with Crippen LogP contribution in [0.15, 0.2) is 51.8 Å². The molecule has 0 radical (unpaired) electrons. The highest BCUT2D eigenvalue weighted by Crippen LogP contribution is 2.41. The van der Waals surface area contributed by atoms with Crippen molar-refractivity contribution < 1.29 is 27.9 Å². The largest absolute Gasteiger partial charge is 0.431 e. The molecule has 136 valence electrons. The zero-order valence-electron chi connectivity index (χ0n) is 13.0. The number of nitrogens with zero attached hydrogens (tertiary/aromatic N) is 2. The summed E-state index contributed by atoms with van der Waals surface area (Å²) < 4.78 is 40.0. The lowest BCUT2D eigenvalue weighted by Gasteiger charge is -2.28. The first-order chi connectivity index (χ1) is 12.2. The molecule has 0 fully saturated rings. The van der Waals surface area contributed by atoms with E-state index in [4.69, 9.17) is 0 Å². The van der Waals surface area contributed by atoms with Crippen LogP contribution in [-0.4, -0.2) is 41.2 Å². The third kappa shape index (κ3) is 3.13. The number of carbonyl (C=O) groups excluding carboxylic acids is 2.